The zero-order chi connectivity index (χ0) is 12.6. The van der Waals surface area contributed by atoms with E-state index in [1.807, 2.05) is 4.72 Å². The van der Waals surface area contributed by atoms with Crippen molar-refractivity contribution in [3.63, 3.8) is 0 Å². The fourth-order valence-electron chi connectivity index (χ4n) is 1.15. The van der Waals surface area contributed by atoms with Gasteiger partial charge in [0.25, 0.3) is 5.91 Å². The molecule has 2 atom stereocenters. The van der Waals surface area contributed by atoms with Gasteiger partial charge in [-0.1, -0.05) is 13.0 Å². The van der Waals surface area contributed by atoms with Crippen molar-refractivity contribution in [3.8, 4) is 0 Å². The summed E-state index contributed by atoms with van der Waals surface area (Å²) in [4.78, 5) is 11.7. The number of sulfonamides is 1. The molecule has 0 saturated heterocycles. The lowest BCUT2D eigenvalue weighted by Crippen LogP contribution is -2.57. The standard InChI is InChI=1S/C10H18N2O3S/c1-4-7(2)10(3,11)9(13)12-16(14,15)8-5-6-8/h4,7-8H,1,5-6,11H2,2-3H3,(H,12,13)/t7-,10+/m0/s1. The monoisotopic (exact) mass is 246 g/mol. The second kappa shape index (κ2) is 4.18. The summed E-state index contributed by atoms with van der Waals surface area (Å²) in [6, 6.07) is 0. The Hall–Kier alpha value is -0.880. The Morgan fingerprint density at radius 1 is 1.62 bits per heavy atom. The molecule has 1 aliphatic rings. The van der Waals surface area contributed by atoms with E-state index in [1.165, 1.54) is 13.0 Å². The molecule has 16 heavy (non-hydrogen) atoms. The summed E-state index contributed by atoms with van der Waals surface area (Å²) < 4.78 is 25.1. The van der Waals surface area contributed by atoms with Crippen LogP contribution in [0.5, 0.6) is 0 Å². The van der Waals surface area contributed by atoms with Gasteiger partial charge >= 0.3 is 0 Å². The van der Waals surface area contributed by atoms with Crippen LogP contribution in [-0.4, -0.2) is 25.1 Å². The summed E-state index contributed by atoms with van der Waals surface area (Å²) in [5.74, 6) is -0.978. The molecule has 0 spiro atoms. The summed E-state index contributed by atoms with van der Waals surface area (Å²) in [6.07, 6.45) is 2.76. The van der Waals surface area contributed by atoms with Gasteiger partial charge < -0.3 is 5.73 Å². The molecule has 1 saturated carbocycles. The van der Waals surface area contributed by atoms with Crippen LogP contribution >= 0.6 is 0 Å². The second-order valence-electron chi connectivity index (χ2n) is 4.48. The Morgan fingerprint density at radius 3 is 2.50 bits per heavy atom. The van der Waals surface area contributed by atoms with Crippen LogP contribution in [0.25, 0.3) is 0 Å². The van der Waals surface area contributed by atoms with Crippen molar-refractivity contribution < 1.29 is 13.2 Å². The minimum absolute atomic E-state index is 0.304. The molecule has 1 rings (SSSR count). The number of rotatable bonds is 5. The number of hydrogen-bond acceptors (Lipinski definition) is 4. The van der Waals surface area contributed by atoms with Crippen LogP contribution in [0, 0.1) is 5.92 Å². The molecular formula is C10H18N2O3S. The minimum Gasteiger partial charge on any atom is -0.317 e. The summed E-state index contributed by atoms with van der Waals surface area (Å²) in [7, 11) is -3.53. The Kier molecular flexibility index (Phi) is 3.44. The number of nitrogens with two attached hydrogens (primary N) is 1. The van der Waals surface area contributed by atoms with Crippen molar-refractivity contribution in [3.05, 3.63) is 12.7 Å². The van der Waals surface area contributed by atoms with Crippen LogP contribution in [0.2, 0.25) is 0 Å². The zero-order valence-corrected chi connectivity index (χ0v) is 10.4. The van der Waals surface area contributed by atoms with Gasteiger partial charge in [0.2, 0.25) is 10.0 Å². The number of hydrogen-bond donors (Lipinski definition) is 2. The third-order valence-corrected chi connectivity index (χ3v) is 4.81. The molecule has 0 radical (unpaired) electrons. The van der Waals surface area contributed by atoms with Crippen LogP contribution in [0.15, 0.2) is 12.7 Å². The summed E-state index contributed by atoms with van der Waals surface area (Å²) in [6.45, 7) is 6.76. The van der Waals surface area contributed by atoms with Crippen molar-refractivity contribution in [1.82, 2.24) is 4.72 Å². The lowest BCUT2D eigenvalue weighted by Gasteiger charge is -2.27. The highest BCUT2D eigenvalue weighted by atomic mass is 32.2. The zero-order valence-electron chi connectivity index (χ0n) is 9.56. The third-order valence-electron chi connectivity index (χ3n) is 2.99. The molecule has 1 aliphatic carbocycles. The van der Waals surface area contributed by atoms with Gasteiger partial charge in [0, 0.05) is 5.92 Å². The first-order chi connectivity index (χ1) is 7.21. The molecule has 6 heteroatoms. The molecule has 0 aromatic carbocycles. The lowest BCUT2D eigenvalue weighted by molar-refractivity contribution is -0.125. The highest BCUT2D eigenvalue weighted by Crippen LogP contribution is 2.28. The largest absolute Gasteiger partial charge is 0.317 e. The fourth-order valence-corrected chi connectivity index (χ4v) is 2.55. The molecule has 0 aliphatic heterocycles. The molecule has 0 heterocycles. The quantitative estimate of drug-likeness (QED) is 0.675. The van der Waals surface area contributed by atoms with E-state index in [-0.39, 0.29) is 5.92 Å². The average molecular weight is 246 g/mol. The topological polar surface area (TPSA) is 89.3 Å². The summed E-state index contributed by atoms with van der Waals surface area (Å²) >= 11 is 0. The van der Waals surface area contributed by atoms with Crippen molar-refractivity contribution in [2.75, 3.05) is 0 Å². The normalized spacial score (nSPS) is 21.9. The van der Waals surface area contributed by atoms with Gasteiger partial charge in [0.1, 0.15) is 0 Å². The summed E-state index contributed by atoms with van der Waals surface area (Å²) in [5, 5.41) is -0.425. The van der Waals surface area contributed by atoms with Crippen LogP contribution in [0.4, 0.5) is 0 Å². The molecule has 1 amide bonds. The maximum atomic E-state index is 11.7. The Bertz CT molecular complexity index is 396. The van der Waals surface area contributed by atoms with Gasteiger partial charge in [-0.2, -0.15) is 0 Å². The Morgan fingerprint density at radius 2 is 2.12 bits per heavy atom. The van der Waals surface area contributed by atoms with Crippen LogP contribution in [-0.2, 0) is 14.8 Å². The maximum Gasteiger partial charge on any atom is 0.253 e. The van der Waals surface area contributed by atoms with E-state index in [9.17, 15) is 13.2 Å². The van der Waals surface area contributed by atoms with E-state index in [2.05, 4.69) is 6.58 Å². The molecule has 92 valence electrons. The van der Waals surface area contributed by atoms with Gasteiger partial charge in [0.15, 0.2) is 0 Å². The molecule has 0 aromatic heterocycles. The first kappa shape index (κ1) is 13.2. The van der Waals surface area contributed by atoms with Gasteiger partial charge in [-0.15, -0.1) is 6.58 Å². The highest BCUT2D eigenvalue weighted by molar-refractivity contribution is 7.90. The molecule has 5 nitrogen and oxygen atoms in total. The van der Waals surface area contributed by atoms with E-state index in [4.69, 9.17) is 5.73 Å². The number of nitrogens with one attached hydrogen (secondary N) is 1. The Balaban J connectivity index is 2.75. The van der Waals surface area contributed by atoms with Crippen LogP contribution < -0.4 is 10.5 Å². The molecule has 3 N–H and O–H groups in total. The number of amides is 1. The molecule has 0 aromatic rings. The van der Waals surface area contributed by atoms with Gasteiger partial charge in [-0.05, 0) is 19.8 Å². The van der Waals surface area contributed by atoms with Crippen LogP contribution in [0.1, 0.15) is 26.7 Å². The first-order valence-corrected chi connectivity index (χ1v) is 6.74. The van der Waals surface area contributed by atoms with Crippen molar-refractivity contribution >= 4 is 15.9 Å². The van der Waals surface area contributed by atoms with E-state index in [1.54, 1.807) is 6.92 Å². The molecule has 0 unspecified atom stereocenters. The highest BCUT2D eigenvalue weighted by Gasteiger charge is 2.41. The van der Waals surface area contributed by atoms with Crippen molar-refractivity contribution in [1.29, 1.82) is 0 Å². The van der Waals surface area contributed by atoms with Crippen molar-refractivity contribution in [2.45, 2.75) is 37.5 Å². The maximum absolute atomic E-state index is 11.7. The van der Waals surface area contributed by atoms with E-state index >= 15 is 0 Å². The van der Waals surface area contributed by atoms with Crippen LogP contribution in [0.3, 0.4) is 0 Å². The predicted octanol–water partition coefficient (Wildman–Crippen LogP) is 0.134. The smallest absolute Gasteiger partial charge is 0.253 e. The molecule has 0 bridgehead atoms. The van der Waals surface area contributed by atoms with E-state index in [0.717, 1.165) is 0 Å². The number of carbonyl (C=O) groups excluding carboxylic acids is 1. The van der Waals surface area contributed by atoms with Gasteiger partial charge in [-0.25, -0.2) is 8.42 Å². The van der Waals surface area contributed by atoms with Gasteiger partial charge in [0.05, 0.1) is 10.8 Å². The number of carbonyl (C=O) groups is 1. The first-order valence-electron chi connectivity index (χ1n) is 5.19. The summed E-state index contributed by atoms with van der Waals surface area (Å²) in [5.41, 5.74) is 4.53. The Labute approximate surface area is 96.1 Å². The molecule has 1 fully saturated rings. The predicted molar refractivity (Wildman–Crippen MR) is 62.0 cm³/mol. The van der Waals surface area contributed by atoms with E-state index < -0.39 is 26.7 Å². The van der Waals surface area contributed by atoms with Crippen molar-refractivity contribution in [2.24, 2.45) is 11.7 Å². The second-order valence-corrected chi connectivity index (χ2v) is 6.44. The van der Waals surface area contributed by atoms with E-state index in [0.29, 0.717) is 12.8 Å². The minimum atomic E-state index is -3.53. The molecular weight excluding hydrogens is 228 g/mol. The van der Waals surface area contributed by atoms with Gasteiger partial charge in [-0.3, -0.25) is 9.52 Å². The fraction of sp³-hybridized carbons (Fsp3) is 0.700. The third kappa shape index (κ3) is 2.62. The SMILES string of the molecule is C=C[C@H](C)[C@@](C)(N)C(=O)NS(=O)(=O)C1CC1. The average Bonchev–Trinajstić information content (AvgIpc) is 2.98. The lowest BCUT2D eigenvalue weighted by atomic mass is 9.88.